The van der Waals surface area contributed by atoms with E-state index in [2.05, 4.69) is 84.8 Å². The van der Waals surface area contributed by atoms with Gasteiger partial charge in [-0.1, -0.05) is 0 Å². The summed E-state index contributed by atoms with van der Waals surface area (Å²) in [4.78, 5) is 2.16. The summed E-state index contributed by atoms with van der Waals surface area (Å²) in [6.45, 7) is 14.3. The first-order chi connectivity index (χ1) is 8.03. The Balaban J connectivity index is 3.16. The van der Waals surface area contributed by atoms with Crippen molar-refractivity contribution in [1.29, 1.82) is 0 Å². The number of nitrogens with zero attached hydrogens (tertiary/aromatic N) is 1. The minimum atomic E-state index is -0.784. The Morgan fingerprint density at radius 1 is 0.778 bits per heavy atom. The Bertz CT molecular complexity index is 365. The Morgan fingerprint density at radius 2 is 1.17 bits per heavy atom. The van der Waals surface area contributed by atoms with E-state index < -0.39 is 16.8 Å². The van der Waals surface area contributed by atoms with Gasteiger partial charge in [-0.05, 0) is 0 Å². The Labute approximate surface area is 119 Å². The van der Waals surface area contributed by atoms with Gasteiger partial charge in [-0.2, -0.15) is 0 Å². The molecule has 0 aliphatic carbocycles. The summed E-state index contributed by atoms with van der Waals surface area (Å²) in [6.07, 6.45) is 0. The van der Waals surface area contributed by atoms with Crippen molar-refractivity contribution >= 4 is 9.72 Å². The van der Waals surface area contributed by atoms with Crippen molar-refractivity contribution in [2.75, 3.05) is 19.0 Å². The first kappa shape index (κ1) is 15.7. The third-order valence-electron chi connectivity index (χ3n) is 2.45. The molecule has 0 saturated carbocycles. The molecule has 0 N–H and O–H groups in total. The molecule has 0 spiro atoms. The summed E-state index contributed by atoms with van der Waals surface area (Å²) >= 11 is -0.784. The fourth-order valence-electron chi connectivity index (χ4n) is 2.09. The Morgan fingerprint density at radius 3 is 1.44 bits per heavy atom. The summed E-state index contributed by atoms with van der Waals surface area (Å²) in [5, 5.41) is 0. The van der Waals surface area contributed by atoms with Crippen LogP contribution in [0.2, 0.25) is 7.78 Å². The van der Waals surface area contributed by atoms with Crippen LogP contribution >= 0.6 is 0 Å². The molecule has 0 heterocycles. The predicted octanol–water partition coefficient (Wildman–Crippen LogP) is 4.43. The summed E-state index contributed by atoms with van der Waals surface area (Å²) < 4.78 is 2.35. The molecule has 0 saturated heterocycles. The molecule has 0 aliphatic rings. The molecule has 0 fully saturated rings. The zero-order chi connectivity index (χ0) is 14.1. The molecule has 0 unspecified atom stereocenters. The van der Waals surface area contributed by atoms with Gasteiger partial charge in [0.2, 0.25) is 0 Å². The first-order valence-electron chi connectivity index (χ1n) is 6.41. The van der Waals surface area contributed by atoms with Crippen LogP contribution in [0, 0.1) is 0 Å². The zero-order valence-corrected chi connectivity index (χ0v) is 14.6. The average molecular weight is 341 g/mol. The number of hydrogen-bond donors (Lipinski definition) is 0. The summed E-state index contributed by atoms with van der Waals surface area (Å²) in [5.74, 6) is 0. The van der Waals surface area contributed by atoms with E-state index in [1.165, 1.54) is 5.69 Å². The minimum absolute atomic E-state index is 0.392. The molecule has 0 atom stereocenters. The van der Waals surface area contributed by atoms with Crippen LogP contribution in [0.5, 0.6) is 0 Å². The van der Waals surface area contributed by atoms with Gasteiger partial charge in [0.1, 0.15) is 0 Å². The van der Waals surface area contributed by atoms with Crippen LogP contribution in [0.3, 0.4) is 0 Å². The van der Waals surface area contributed by atoms with E-state index in [0.717, 1.165) is 0 Å². The number of rotatable bonds is 2. The second kappa shape index (κ2) is 5.35. The van der Waals surface area contributed by atoms with Crippen molar-refractivity contribution in [1.82, 2.24) is 0 Å². The van der Waals surface area contributed by atoms with Gasteiger partial charge in [0.15, 0.2) is 0 Å². The average Bonchev–Trinajstić information content (AvgIpc) is 2.13. The molecule has 1 rings (SSSR count). The number of anilines is 1. The van der Waals surface area contributed by atoms with E-state index in [1.807, 2.05) is 0 Å². The maximum atomic E-state index is 2.39. The quantitative estimate of drug-likeness (QED) is 0.720. The normalized spacial score (nSPS) is 13.4. The molecule has 0 aromatic heterocycles. The van der Waals surface area contributed by atoms with E-state index in [1.54, 1.807) is 4.04 Å². The molecule has 0 aliphatic heterocycles. The van der Waals surface area contributed by atoms with Crippen molar-refractivity contribution in [2.45, 2.75) is 49.3 Å². The van der Waals surface area contributed by atoms with Gasteiger partial charge in [-0.15, -0.1) is 0 Å². The van der Waals surface area contributed by atoms with Crippen LogP contribution in [-0.2, 0) is 16.8 Å². The zero-order valence-electron chi connectivity index (χ0n) is 13.1. The molecule has 2 heteroatoms. The van der Waals surface area contributed by atoms with Gasteiger partial charge >= 0.3 is 119 Å². The van der Waals surface area contributed by atoms with Crippen LogP contribution < -0.4 is 8.94 Å². The molecular weight excluding hydrogens is 313 g/mol. The molecule has 107 valence electrons. The fraction of sp³-hybridized carbons (Fsp3) is 0.625. The summed E-state index contributed by atoms with van der Waals surface area (Å²) in [6, 6.07) is 9.18. The molecule has 18 heavy (non-hydrogen) atoms. The standard InChI is InChI=1S/C8H10N.2C4H9.Pd/c1-9(2)8-6-4-3-5-7-8;2*1-4(2)3;/h4-7H,1-2H3;2*1-3H3;. The molecule has 1 nitrogen and oxygen atoms in total. The van der Waals surface area contributed by atoms with Crippen molar-refractivity contribution < 1.29 is 16.8 Å². The topological polar surface area (TPSA) is 3.24 Å². The maximum absolute atomic E-state index is 2.39. The van der Waals surface area contributed by atoms with Gasteiger partial charge < -0.3 is 0 Å². The van der Waals surface area contributed by atoms with Crippen molar-refractivity contribution in [2.24, 2.45) is 0 Å². The molecule has 1 aromatic rings. The van der Waals surface area contributed by atoms with Crippen molar-refractivity contribution in [3.63, 3.8) is 0 Å². The SMILES string of the molecule is CN(C)c1cc[c]([Pd]([C](C)(C)C)[C](C)(C)C)cc1. The molecular formula is C16H28NPd. The monoisotopic (exact) mass is 340 g/mol. The third kappa shape index (κ3) is 3.84. The van der Waals surface area contributed by atoms with Crippen LogP contribution in [0.1, 0.15) is 41.5 Å². The van der Waals surface area contributed by atoms with Crippen LogP contribution in [-0.4, -0.2) is 14.1 Å². The molecule has 0 radical (unpaired) electrons. The van der Waals surface area contributed by atoms with Gasteiger partial charge in [0.05, 0.1) is 0 Å². The third-order valence-corrected chi connectivity index (χ3v) is 8.53. The van der Waals surface area contributed by atoms with Crippen LogP contribution in [0.25, 0.3) is 0 Å². The van der Waals surface area contributed by atoms with Crippen LogP contribution in [0.15, 0.2) is 24.3 Å². The van der Waals surface area contributed by atoms with E-state index in [-0.39, 0.29) is 0 Å². The van der Waals surface area contributed by atoms with Gasteiger partial charge in [-0.3, -0.25) is 0 Å². The molecule has 0 bridgehead atoms. The fourth-order valence-corrected chi connectivity index (χ4v) is 9.06. The van der Waals surface area contributed by atoms with Gasteiger partial charge in [-0.25, -0.2) is 0 Å². The Hall–Kier alpha value is -0.318. The van der Waals surface area contributed by atoms with Crippen LogP contribution in [0.4, 0.5) is 5.69 Å². The number of hydrogen-bond acceptors (Lipinski definition) is 1. The summed E-state index contributed by atoms with van der Waals surface area (Å²) in [7, 11) is 4.19. The Kier molecular flexibility index (Phi) is 4.68. The number of benzene rings is 1. The van der Waals surface area contributed by atoms with E-state index in [9.17, 15) is 0 Å². The molecule has 1 aromatic carbocycles. The van der Waals surface area contributed by atoms with Gasteiger partial charge in [0, 0.05) is 0 Å². The first-order valence-corrected chi connectivity index (χ1v) is 8.75. The van der Waals surface area contributed by atoms with Gasteiger partial charge in [0.25, 0.3) is 0 Å². The molecule has 0 amide bonds. The second-order valence-electron chi connectivity index (χ2n) is 6.52. The van der Waals surface area contributed by atoms with E-state index >= 15 is 0 Å². The van der Waals surface area contributed by atoms with Crippen molar-refractivity contribution in [3.05, 3.63) is 24.3 Å². The van der Waals surface area contributed by atoms with E-state index in [0.29, 0.717) is 7.78 Å². The summed E-state index contributed by atoms with van der Waals surface area (Å²) in [5.41, 5.74) is 1.28. The predicted molar refractivity (Wildman–Crippen MR) is 79.8 cm³/mol. The second-order valence-corrected chi connectivity index (χ2v) is 13.2. The van der Waals surface area contributed by atoms with E-state index in [4.69, 9.17) is 0 Å². The van der Waals surface area contributed by atoms with Crippen molar-refractivity contribution in [3.8, 4) is 0 Å².